The van der Waals surface area contributed by atoms with Crippen molar-refractivity contribution in [2.45, 2.75) is 0 Å². The maximum atomic E-state index is 11.4. The van der Waals surface area contributed by atoms with Crippen LogP contribution in [0, 0.1) is 0 Å². The van der Waals surface area contributed by atoms with Crippen molar-refractivity contribution in [3.8, 4) is 17.0 Å². The van der Waals surface area contributed by atoms with Gasteiger partial charge in [0.05, 0.1) is 16.8 Å². The number of aromatic carboxylic acids is 1. The summed E-state index contributed by atoms with van der Waals surface area (Å²) in [6.45, 7) is 0. The zero-order valence-electron chi connectivity index (χ0n) is 10.4. The van der Waals surface area contributed by atoms with Crippen LogP contribution < -0.4 is 0 Å². The Kier molecular flexibility index (Phi) is 2.84. The van der Waals surface area contributed by atoms with E-state index < -0.39 is 5.97 Å². The molecule has 0 amide bonds. The zero-order chi connectivity index (χ0) is 14.1. The molecule has 0 atom stereocenters. The Morgan fingerprint density at radius 3 is 2.45 bits per heavy atom. The Morgan fingerprint density at radius 2 is 1.75 bits per heavy atom. The molecule has 3 rings (SSSR count). The van der Waals surface area contributed by atoms with Gasteiger partial charge >= 0.3 is 5.97 Å². The summed E-state index contributed by atoms with van der Waals surface area (Å²) in [7, 11) is 0. The normalized spacial score (nSPS) is 10.6. The predicted octanol–water partition coefficient (Wildman–Crippen LogP) is 3.31. The lowest BCUT2D eigenvalue weighted by Gasteiger charge is -2.08. The van der Waals surface area contributed by atoms with Gasteiger partial charge in [0, 0.05) is 10.9 Å². The predicted molar refractivity (Wildman–Crippen MR) is 75.8 cm³/mol. The molecule has 0 aliphatic carbocycles. The van der Waals surface area contributed by atoms with Gasteiger partial charge in [-0.2, -0.15) is 0 Å². The first-order chi connectivity index (χ1) is 9.65. The summed E-state index contributed by atoms with van der Waals surface area (Å²) in [5, 5.41) is 19.4. The summed E-state index contributed by atoms with van der Waals surface area (Å²) < 4.78 is 0. The second kappa shape index (κ2) is 4.66. The molecular formula is C16H11NO3. The highest BCUT2D eigenvalue weighted by atomic mass is 16.4. The van der Waals surface area contributed by atoms with Crippen LogP contribution in [-0.4, -0.2) is 21.2 Å². The van der Waals surface area contributed by atoms with E-state index in [1.54, 1.807) is 6.07 Å². The van der Waals surface area contributed by atoms with E-state index in [1.807, 2.05) is 30.3 Å². The minimum Gasteiger partial charge on any atom is -0.508 e. The average molecular weight is 265 g/mol. The van der Waals surface area contributed by atoms with Crippen molar-refractivity contribution in [1.82, 2.24) is 4.98 Å². The van der Waals surface area contributed by atoms with Gasteiger partial charge in [-0.15, -0.1) is 0 Å². The fourth-order valence-electron chi connectivity index (χ4n) is 2.14. The number of hydrogen-bond acceptors (Lipinski definition) is 3. The van der Waals surface area contributed by atoms with Gasteiger partial charge in [-0.3, -0.25) is 0 Å². The Hall–Kier alpha value is -2.88. The first-order valence-corrected chi connectivity index (χ1v) is 6.07. The molecule has 0 saturated carbocycles. The van der Waals surface area contributed by atoms with E-state index in [1.165, 1.54) is 18.2 Å². The third-order valence-corrected chi connectivity index (χ3v) is 3.08. The first-order valence-electron chi connectivity index (χ1n) is 6.07. The number of aromatic hydroxyl groups is 1. The summed E-state index contributed by atoms with van der Waals surface area (Å²) in [4.78, 5) is 15.8. The molecule has 0 saturated heterocycles. The number of carboxylic acids is 1. The molecule has 98 valence electrons. The van der Waals surface area contributed by atoms with Crippen molar-refractivity contribution >= 4 is 16.9 Å². The molecular weight excluding hydrogens is 254 g/mol. The van der Waals surface area contributed by atoms with Crippen molar-refractivity contribution in [1.29, 1.82) is 0 Å². The number of rotatable bonds is 2. The molecule has 2 aromatic carbocycles. The van der Waals surface area contributed by atoms with Gasteiger partial charge in [0.25, 0.3) is 0 Å². The van der Waals surface area contributed by atoms with Crippen LogP contribution in [0.1, 0.15) is 10.4 Å². The molecule has 0 unspecified atom stereocenters. The SMILES string of the molecule is O=C(O)c1cc2cc(O)ccc2nc1-c1ccccc1. The number of carbonyl (C=O) groups is 1. The molecule has 0 spiro atoms. The molecule has 2 N–H and O–H groups in total. The quantitative estimate of drug-likeness (QED) is 0.745. The minimum atomic E-state index is -1.04. The molecule has 0 aliphatic heterocycles. The van der Waals surface area contributed by atoms with Crippen LogP contribution in [0.5, 0.6) is 5.75 Å². The monoisotopic (exact) mass is 265 g/mol. The average Bonchev–Trinajstić information content (AvgIpc) is 2.46. The minimum absolute atomic E-state index is 0.0862. The lowest BCUT2D eigenvalue weighted by atomic mass is 10.0. The molecule has 4 nitrogen and oxygen atoms in total. The number of aromatic nitrogens is 1. The van der Waals surface area contributed by atoms with Gasteiger partial charge in [0.2, 0.25) is 0 Å². The molecule has 4 heteroatoms. The van der Waals surface area contributed by atoms with Crippen LogP contribution >= 0.6 is 0 Å². The van der Waals surface area contributed by atoms with Gasteiger partial charge < -0.3 is 10.2 Å². The molecule has 3 aromatic rings. The van der Waals surface area contributed by atoms with Crippen molar-refractivity contribution in [2.24, 2.45) is 0 Å². The molecule has 0 aliphatic rings. The van der Waals surface area contributed by atoms with Gasteiger partial charge in [-0.1, -0.05) is 30.3 Å². The van der Waals surface area contributed by atoms with E-state index in [9.17, 15) is 15.0 Å². The van der Waals surface area contributed by atoms with Crippen LogP contribution in [0.25, 0.3) is 22.2 Å². The Balaban J connectivity index is 2.32. The molecule has 20 heavy (non-hydrogen) atoms. The molecule has 0 bridgehead atoms. The number of phenolic OH excluding ortho intramolecular Hbond substituents is 1. The standard InChI is InChI=1S/C16H11NO3/c18-12-6-7-14-11(8-12)9-13(16(19)20)15(17-14)10-4-2-1-3-5-10/h1-9,18H,(H,19,20). The van der Waals surface area contributed by atoms with E-state index in [2.05, 4.69) is 4.98 Å². The maximum absolute atomic E-state index is 11.4. The highest BCUT2D eigenvalue weighted by Crippen LogP contribution is 2.27. The zero-order valence-corrected chi connectivity index (χ0v) is 10.4. The summed E-state index contributed by atoms with van der Waals surface area (Å²) >= 11 is 0. The van der Waals surface area contributed by atoms with Crippen LogP contribution in [-0.2, 0) is 0 Å². The highest BCUT2D eigenvalue weighted by molar-refractivity contribution is 5.99. The Labute approximate surface area is 115 Å². The van der Waals surface area contributed by atoms with Gasteiger partial charge in [-0.25, -0.2) is 9.78 Å². The van der Waals surface area contributed by atoms with Crippen LogP contribution in [0.15, 0.2) is 54.6 Å². The molecule has 0 radical (unpaired) electrons. The number of phenols is 1. The maximum Gasteiger partial charge on any atom is 0.337 e. The topological polar surface area (TPSA) is 70.4 Å². The fraction of sp³-hybridized carbons (Fsp3) is 0. The second-order valence-corrected chi connectivity index (χ2v) is 4.43. The summed E-state index contributed by atoms with van der Waals surface area (Å²) in [6, 6.07) is 15.4. The highest BCUT2D eigenvalue weighted by Gasteiger charge is 2.15. The number of nitrogens with zero attached hydrogens (tertiary/aromatic N) is 1. The van der Waals surface area contributed by atoms with Crippen LogP contribution in [0.2, 0.25) is 0 Å². The van der Waals surface area contributed by atoms with E-state index >= 15 is 0 Å². The van der Waals surface area contributed by atoms with Gasteiger partial charge in [0.15, 0.2) is 0 Å². The molecule has 1 heterocycles. The van der Waals surface area contributed by atoms with Crippen LogP contribution in [0.3, 0.4) is 0 Å². The number of fused-ring (bicyclic) bond motifs is 1. The Morgan fingerprint density at radius 1 is 1.00 bits per heavy atom. The summed E-state index contributed by atoms with van der Waals surface area (Å²) in [6.07, 6.45) is 0. The second-order valence-electron chi connectivity index (χ2n) is 4.43. The van der Waals surface area contributed by atoms with Crippen molar-refractivity contribution in [2.75, 3.05) is 0 Å². The van der Waals surface area contributed by atoms with E-state index in [-0.39, 0.29) is 11.3 Å². The summed E-state index contributed by atoms with van der Waals surface area (Å²) in [5.41, 5.74) is 1.94. The third-order valence-electron chi connectivity index (χ3n) is 3.08. The van der Waals surface area contributed by atoms with E-state index in [0.717, 1.165) is 5.56 Å². The van der Waals surface area contributed by atoms with Crippen molar-refractivity contribution < 1.29 is 15.0 Å². The van der Waals surface area contributed by atoms with E-state index in [4.69, 9.17) is 0 Å². The molecule has 1 aromatic heterocycles. The number of hydrogen-bond donors (Lipinski definition) is 2. The van der Waals surface area contributed by atoms with Gasteiger partial charge in [0.1, 0.15) is 5.75 Å². The van der Waals surface area contributed by atoms with Gasteiger partial charge in [-0.05, 0) is 24.3 Å². The smallest absolute Gasteiger partial charge is 0.337 e. The number of benzene rings is 2. The Bertz CT molecular complexity index is 797. The fourth-order valence-corrected chi connectivity index (χ4v) is 2.14. The lowest BCUT2D eigenvalue weighted by Crippen LogP contribution is -2.02. The largest absolute Gasteiger partial charge is 0.508 e. The number of carboxylic acid groups (broad SMARTS) is 1. The van der Waals surface area contributed by atoms with Crippen LogP contribution in [0.4, 0.5) is 0 Å². The first kappa shape index (κ1) is 12.2. The van der Waals surface area contributed by atoms with Crippen molar-refractivity contribution in [3.05, 3.63) is 60.2 Å². The molecule has 0 fully saturated rings. The number of pyridine rings is 1. The third kappa shape index (κ3) is 2.07. The summed E-state index contributed by atoms with van der Waals surface area (Å²) in [5.74, 6) is -0.954. The van der Waals surface area contributed by atoms with E-state index in [0.29, 0.717) is 16.6 Å². The lowest BCUT2D eigenvalue weighted by molar-refractivity contribution is 0.0697. The van der Waals surface area contributed by atoms with Crippen molar-refractivity contribution in [3.63, 3.8) is 0 Å².